The number of benzene rings is 1. The lowest BCUT2D eigenvalue weighted by atomic mass is 9.98. The maximum Gasteiger partial charge on any atom is 0.257 e. The minimum atomic E-state index is -0.309. The van der Waals surface area contributed by atoms with Crippen LogP contribution in [0.1, 0.15) is 56.9 Å². The average molecular weight is 394 g/mol. The van der Waals surface area contributed by atoms with Crippen LogP contribution in [0.2, 0.25) is 0 Å². The predicted octanol–water partition coefficient (Wildman–Crippen LogP) is 4.28. The van der Waals surface area contributed by atoms with Crippen molar-refractivity contribution in [3.63, 3.8) is 0 Å². The summed E-state index contributed by atoms with van der Waals surface area (Å²) in [6.07, 6.45) is 0. The van der Waals surface area contributed by atoms with Gasteiger partial charge in [0.15, 0.2) is 11.5 Å². The summed E-state index contributed by atoms with van der Waals surface area (Å²) in [5.74, 6) is 1.14. The molecule has 1 amide bonds. The van der Waals surface area contributed by atoms with Gasteiger partial charge in [-0.25, -0.2) is 0 Å². The number of anilines is 1. The highest BCUT2D eigenvalue weighted by Crippen LogP contribution is 2.39. The molecule has 0 aliphatic heterocycles. The molecule has 0 aliphatic rings. The van der Waals surface area contributed by atoms with Crippen LogP contribution in [0.25, 0.3) is 0 Å². The Labute approximate surface area is 164 Å². The van der Waals surface area contributed by atoms with E-state index in [1.165, 1.54) is 11.3 Å². The Hall–Kier alpha value is -2.35. The van der Waals surface area contributed by atoms with Crippen molar-refractivity contribution in [1.29, 1.82) is 0 Å². The van der Waals surface area contributed by atoms with E-state index in [2.05, 4.69) is 15.5 Å². The van der Waals surface area contributed by atoms with Crippen molar-refractivity contribution in [3.05, 3.63) is 22.7 Å². The standard InChI is InChI=1S/C19H27N3O4S/c1-7-24-13-10-12(11-14(25-8-2)15(13)26-9-3)16(23)20-18-22-21-17(27-18)19(4,5)6/h10-11H,7-9H2,1-6H3,(H,20,22,23). The summed E-state index contributed by atoms with van der Waals surface area (Å²) in [4.78, 5) is 12.7. The van der Waals surface area contributed by atoms with Crippen LogP contribution < -0.4 is 19.5 Å². The van der Waals surface area contributed by atoms with Crippen LogP contribution in [0, 0.1) is 0 Å². The minimum Gasteiger partial charge on any atom is -0.490 e. The number of ether oxygens (including phenoxy) is 3. The maximum atomic E-state index is 12.7. The number of aromatic nitrogens is 2. The van der Waals surface area contributed by atoms with E-state index in [1.807, 2.05) is 41.5 Å². The van der Waals surface area contributed by atoms with Crippen LogP contribution in [-0.2, 0) is 5.41 Å². The monoisotopic (exact) mass is 393 g/mol. The lowest BCUT2D eigenvalue weighted by Gasteiger charge is -2.16. The van der Waals surface area contributed by atoms with E-state index in [0.29, 0.717) is 47.8 Å². The number of hydrogen-bond acceptors (Lipinski definition) is 7. The lowest BCUT2D eigenvalue weighted by Crippen LogP contribution is -2.13. The lowest BCUT2D eigenvalue weighted by molar-refractivity contribution is 0.102. The topological polar surface area (TPSA) is 82.6 Å². The fraction of sp³-hybridized carbons (Fsp3) is 0.526. The van der Waals surface area contributed by atoms with Crippen molar-refractivity contribution in [3.8, 4) is 17.2 Å². The molecule has 0 saturated heterocycles. The third-order valence-corrected chi connectivity index (χ3v) is 4.72. The number of nitrogens with zero attached hydrogens (tertiary/aromatic N) is 2. The maximum absolute atomic E-state index is 12.7. The van der Waals surface area contributed by atoms with Crippen molar-refractivity contribution in [2.45, 2.75) is 47.0 Å². The molecular formula is C19H27N3O4S. The zero-order chi connectivity index (χ0) is 20.0. The van der Waals surface area contributed by atoms with E-state index in [0.717, 1.165) is 5.01 Å². The van der Waals surface area contributed by atoms with E-state index < -0.39 is 0 Å². The molecule has 1 aromatic carbocycles. The average Bonchev–Trinajstić information content (AvgIpc) is 3.06. The zero-order valence-corrected chi connectivity index (χ0v) is 17.5. The van der Waals surface area contributed by atoms with Crippen LogP contribution in [0.5, 0.6) is 17.2 Å². The molecule has 0 spiro atoms. The Morgan fingerprint density at radius 2 is 1.56 bits per heavy atom. The molecule has 27 heavy (non-hydrogen) atoms. The van der Waals surface area contributed by atoms with Gasteiger partial charge < -0.3 is 14.2 Å². The van der Waals surface area contributed by atoms with Gasteiger partial charge in [-0.2, -0.15) is 0 Å². The number of nitrogens with one attached hydrogen (secondary N) is 1. The highest BCUT2D eigenvalue weighted by molar-refractivity contribution is 7.15. The second kappa shape index (κ2) is 9.03. The van der Waals surface area contributed by atoms with E-state index in [4.69, 9.17) is 14.2 Å². The molecular weight excluding hydrogens is 366 g/mol. The van der Waals surface area contributed by atoms with Gasteiger partial charge in [-0.3, -0.25) is 10.1 Å². The fourth-order valence-electron chi connectivity index (χ4n) is 2.27. The third kappa shape index (κ3) is 5.32. The molecule has 0 unspecified atom stereocenters. The molecule has 0 radical (unpaired) electrons. The van der Waals surface area contributed by atoms with Gasteiger partial charge in [0, 0.05) is 11.0 Å². The van der Waals surface area contributed by atoms with Crippen LogP contribution in [0.15, 0.2) is 12.1 Å². The van der Waals surface area contributed by atoms with Crippen molar-refractivity contribution in [2.24, 2.45) is 0 Å². The zero-order valence-electron chi connectivity index (χ0n) is 16.7. The molecule has 1 N–H and O–H groups in total. The highest BCUT2D eigenvalue weighted by Gasteiger charge is 2.22. The first kappa shape index (κ1) is 21.0. The number of carbonyl (C=O) groups excluding carboxylic acids is 1. The first-order chi connectivity index (χ1) is 12.8. The van der Waals surface area contributed by atoms with Crippen molar-refractivity contribution in [2.75, 3.05) is 25.1 Å². The number of carbonyl (C=O) groups is 1. The summed E-state index contributed by atoms with van der Waals surface area (Å²) in [5.41, 5.74) is 0.280. The molecule has 148 valence electrons. The molecule has 0 fully saturated rings. The molecule has 0 atom stereocenters. The Kier molecular flexibility index (Phi) is 7.01. The molecule has 7 nitrogen and oxygen atoms in total. The third-order valence-electron chi connectivity index (χ3n) is 3.46. The van der Waals surface area contributed by atoms with Gasteiger partial charge >= 0.3 is 0 Å². The van der Waals surface area contributed by atoms with Gasteiger partial charge in [-0.1, -0.05) is 32.1 Å². The van der Waals surface area contributed by atoms with E-state index in [9.17, 15) is 4.79 Å². The number of rotatable bonds is 8. The summed E-state index contributed by atoms with van der Waals surface area (Å²) in [6.45, 7) is 13.1. The predicted molar refractivity (Wildman–Crippen MR) is 107 cm³/mol. The Morgan fingerprint density at radius 1 is 1.00 bits per heavy atom. The smallest absolute Gasteiger partial charge is 0.257 e. The highest BCUT2D eigenvalue weighted by atomic mass is 32.1. The number of hydrogen-bond donors (Lipinski definition) is 1. The van der Waals surface area contributed by atoms with Crippen LogP contribution in [-0.4, -0.2) is 35.9 Å². The van der Waals surface area contributed by atoms with Gasteiger partial charge in [0.25, 0.3) is 5.91 Å². The number of amides is 1. The molecule has 2 rings (SSSR count). The van der Waals surface area contributed by atoms with Gasteiger partial charge in [0.2, 0.25) is 10.9 Å². The van der Waals surface area contributed by atoms with Gasteiger partial charge in [0.05, 0.1) is 19.8 Å². The van der Waals surface area contributed by atoms with Gasteiger partial charge in [0.1, 0.15) is 5.01 Å². The molecule has 1 heterocycles. The summed E-state index contributed by atoms with van der Waals surface area (Å²) in [5, 5.41) is 12.3. The SMILES string of the molecule is CCOc1cc(C(=O)Nc2nnc(C(C)(C)C)s2)cc(OCC)c1OCC. The Balaban J connectivity index is 2.32. The van der Waals surface area contributed by atoms with Crippen molar-refractivity contribution in [1.82, 2.24) is 10.2 Å². The molecule has 0 bridgehead atoms. The molecule has 0 aliphatic carbocycles. The first-order valence-electron chi connectivity index (χ1n) is 9.01. The minimum absolute atomic E-state index is 0.121. The van der Waals surface area contributed by atoms with E-state index in [1.54, 1.807) is 12.1 Å². The first-order valence-corrected chi connectivity index (χ1v) is 9.83. The van der Waals surface area contributed by atoms with Crippen LogP contribution >= 0.6 is 11.3 Å². The quantitative estimate of drug-likeness (QED) is 0.721. The molecule has 1 aromatic heterocycles. The summed E-state index contributed by atoms with van der Waals surface area (Å²) in [7, 11) is 0. The largest absolute Gasteiger partial charge is 0.490 e. The van der Waals surface area contributed by atoms with E-state index >= 15 is 0 Å². The van der Waals surface area contributed by atoms with Crippen molar-refractivity contribution < 1.29 is 19.0 Å². The summed E-state index contributed by atoms with van der Waals surface area (Å²) >= 11 is 1.36. The normalized spacial score (nSPS) is 11.2. The molecule has 0 saturated carbocycles. The van der Waals surface area contributed by atoms with Crippen LogP contribution in [0.3, 0.4) is 0 Å². The molecule has 8 heteroatoms. The summed E-state index contributed by atoms with van der Waals surface area (Å²) in [6, 6.07) is 3.30. The fourth-order valence-corrected chi connectivity index (χ4v) is 3.06. The van der Waals surface area contributed by atoms with Crippen molar-refractivity contribution >= 4 is 22.4 Å². The Morgan fingerprint density at radius 3 is 2.00 bits per heavy atom. The van der Waals surface area contributed by atoms with Gasteiger partial charge in [-0.15, -0.1) is 10.2 Å². The summed E-state index contributed by atoms with van der Waals surface area (Å²) < 4.78 is 17.0. The Bertz CT molecular complexity index is 756. The molecule has 2 aromatic rings. The second-order valence-corrected chi connectivity index (χ2v) is 7.69. The van der Waals surface area contributed by atoms with Gasteiger partial charge in [-0.05, 0) is 32.9 Å². The van der Waals surface area contributed by atoms with E-state index in [-0.39, 0.29) is 11.3 Å². The van der Waals surface area contributed by atoms with Crippen LogP contribution in [0.4, 0.5) is 5.13 Å². The second-order valence-electron chi connectivity index (χ2n) is 6.72.